The van der Waals surface area contributed by atoms with Crippen molar-refractivity contribution in [1.82, 2.24) is 9.55 Å². The van der Waals surface area contributed by atoms with Crippen molar-refractivity contribution < 1.29 is 0 Å². The first-order chi connectivity index (χ1) is 8.79. The molecule has 0 spiro atoms. The predicted octanol–water partition coefficient (Wildman–Crippen LogP) is 3.49. The van der Waals surface area contributed by atoms with Crippen LogP contribution in [0.15, 0.2) is 18.3 Å². The minimum absolute atomic E-state index is 0.499. The molecule has 3 nitrogen and oxygen atoms in total. The van der Waals surface area contributed by atoms with E-state index in [0.29, 0.717) is 11.6 Å². The molecule has 1 fully saturated rings. The zero-order valence-corrected chi connectivity index (χ0v) is 10.7. The van der Waals surface area contributed by atoms with Gasteiger partial charge >= 0.3 is 0 Å². The predicted molar refractivity (Wildman–Crippen MR) is 71.3 cm³/mol. The van der Waals surface area contributed by atoms with Gasteiger partial charge in [0.1, 0.15) is 17.4 Å². The van der Waals surface area contributed by atoms with Crippen LogP contribution in [0.25, 0.3) is 11.0 Å². The van der Waals surface area contributed by atoms with Crippen molar-refractivity contribution in [1.29, 1.82) is 5.26 Å². The van der Waals surface area contributed by atoms with Gasteiger partial charge in [0.15, 0.2) is 0 Å². The van der Waals surface area contributed by atoms with Crippen molar-refractivity contribution in [2.75, 3.05) is 0 Å². The molecule has 3 rings (SSSR count). The van der Waals surface area contributed by atoms with Crippen LogP contribution in [-0.2, 0) is 7.05 Å². The van der Waals surface area contributed by atoms with Crippen LogP contribution in [0, 0.1) is 11.3 Å². The van der Waals surface area contributed by atoms with E-state index < -0.39 is 0 Å². The number of nitriles is 1. The smallest absolute Gasteiger partial charge is 0.142 e. The van der Waals surface area contributed by atoms with Crippen LogP contribution in [0.3, 0.4) is 0 Å². The molecule has 92 valence electrons. The maximum Gasteiger partial charge on any atom is 0.142 e. The van der Waals surface area contributed by atoms with Gasteiger partial charge < -0.3 is 4.57 Å². The fraction of sp³-hybridized carbons (Fsp3) is 0.467. The molecule has 2 aromatic rings. The average Bonchev–Trinajstić information content (AvgIpc) is 2.77. The van der Waals surface area contributed by atoms with Gasteiger partial charge in [-0.05, 0) is 36.5 Å². The standard InChI is InChI=1S/C15H17N3/c1-18-10-14(11-5-3-2-4-6-11)13-8-7-12(9-16)17-15(13)18/h7-8,10-11H,2-6H2,1H3. The molecule has 18 heavy (non-hydrogen) atoms. The quantitative estimate of drug-likeness (QED) is 0.764. The lowest BCUT2D eigenvalue weighted by atomic mass is 9.84. The molecule has 2 heterocycles. The van der Waals surface area contributed by atoms with E-state index in [0.717, 1.165) is 5.65 Å². The van der Waals surface area contributed by atoms with E-state index in [1.165, 1.54) is 43.1 Å². The highest BCUT2D eigenvalue weighted by Crippen LogP contribution is 2.36. The second-order valence-electron chi connectivity index (χ2n) is 5.21. The van der Waals surface area contributed by atoms with Crippen molar-refractivity contribution >= 4 is 11.0 Å². The van der Waals surface area contributed by atoms with Crippen molar-refractivity contribution in [3.63, 3.8) is 0 Å². The molecule has 0 bridgehead atoms. The molecular weight excluding hydrogens is 222 g/mol. The number of hydrogen-bond donors (Lipinski definition) is 0. The summed E-state index contributed by atoms with van der Waals surface area (Å²) in [6.45, 7) is 0. The number of aryl methyl sites for hydroxylation is 1. The maximum absolute atomic E-state index is 8.92. The van der Waals surface area contributed by atoms with Gasteiger partial charge in [0.05, 0.1) is 0 Å². The van der Waals surface area contributed by atoms with Gasteiger partial charge in [0.2, 0.25) is 0 Å². The highest BCUT2D eigenvalue weighted by molar-refractivity contribution is 5.81. The van der Waals surface area contributed by atoms with Crippen LogP contribution in [-0.4, -0.2) is 9.55 Å². The molecule has 0 atom stereocenters. The van der Waals surface area contributed by atoms with Crippen LogP contribution >= 0.6 is 0 Å². The number of hydrogen-bond acceptors (Lipinski definition) is 2. The Labute approximate surface area is 107 Å². The fourth-order valence-corrected chi connectivity index (χ4v) is 3.08. The molecule has 2 aromatic heterocycles. The van der Waals surface area contributed by atoms with Gasteiger partial charge in [-0.1, -0.05) is 19.3 Å². The first-order valence-corrected chi connectivity index (χ1v) is 6.65. The third kappa shape index (κ3) is 1.78. The molecule has 1 saturated carbocycles. The first-order valence-electron chi connectivity index (χ1n) is 6.65. The summed E-state index contributed by atoms with van der Waals surface area (Å²) in [6.07, 6.45) is 8.83. The molecule has 0 radical (unpaired) electrons. The summed E-state index contributed by atoms with van der Waals surface area (Å²) in [5.41, 5.74) is 2.86. The molecule has 0 aromatic carbocycles. The van der Waals surface area contributed by atoms with Crippen LogP contribution < -0.4 is 0 Å². The minimum atomic E-state index is 0.499. The Balaban J connectivity index is 2.10. The molecule has 1 aliphatic rings. The summed E-state index contributed by atoms with van der Waals surface area (Å²) in [7, 11) is 2.02. The van der Waals surface area contributed by atoms with Crippen molar-refractivity contribution in [3.05, 3.63) is 29.6 Å². The molecule has 3 heteroatoms. The summed E-state index contributed by atoms with van der Waals surface area (Å²) in [6, 6.07) is 6.00. The molecule has 0 unspecified atom stereocenters. The van der Waals surface area contributed by atoms with E-state index in [9.17, 15) is 0 Å². The highest BCUT2D eigenvalue weighted by atomic mass is 15.0. The second kappa shape index (κ2) is 4.45. The first kappa shape index (κ1) is 11.3. The Morgan fingerprint density at radius 1 is 1.28 bits per heavy atom. The summed E-state index contributed by atoms with van der Waals surface area (Å²) in [4.78, 5) is 4.41. The minimum Gasteiger partial charge on any atom is -0.335 e. The normalized spacial score (nSPS) is 16.9. The maximum atomic E-state index is 8.92. The van der Waals surface area contributed by atoms with Crippen LogP contribution in [0.5, 0.6) is 0 Å². The van der Waals surface area contributed by atoms with E-state index in [2.05, 4.69) is 27.9 Å². The number of nitrogens with zero attached hydrogens (tertiary/aromatic N) is 3. The van der Waals surface area contributed by atoms with Gasteiger partial charge in [-0.3, -0.25) is 0 Å². The van der Waals surface area contributed by atoms with Gasteiger partial charge in [0.25, 0.3) is 0 Å². The van der Waals surface area contributed by atoms with Crippen LogP contribution in [0.1, 0.15) is 49.3 Å². The number of rotatable bonds is 1. The summed E-state index contributed by atoms with van der Waals surface area (Å²) in [5, 5.41) is 10.1. The molecule has 0 amide bonds. The summed E-state index contributed by atoms with van der Waals surface area (Å²) < 4.78 is 2.06. The number of fused-ring (bicyclic) bond motifs is 1. The zero-order chi connectivity index (χ0) is 12.5. The molecular formula is C15H17N3. The van der Waals surface area contributed by atoms with E-state index in [4.69, 9.17) is 5.26 Å². The van der Waals surface area contributed by atoms with E-state index in [-0.39, 0.29) is 0 Å². The monoisotopic (exact) mass is 239 g/mol. The van der Waals surface area contributed by atoms with Gasteiger partial charge in [-0.2, -0.15) is 5.26 Å². The van der Waals surface area contributed by atoms with Gasteiger partial charge in [-0.15, -0.1) is 0 Å². The van der Waals surface area contributed by atoms with Crippen molar-refractivity contribution in [2.45, 2.75) is 38.0 Å². The topological polar surface area (TPSA) is 41.6 Å². The number of pyridine rings is 1. The highest BCUT2D eigenvalue weighted by Gasteiger charge is 2.20. The lowest BCUT2D eigenvalue weighted by Gasteiger charge is -2.21. The average molecular weight is 239 g/mol. The van der Waals surface area contributed by atoms with Crippen LogP contribution in [0.4, 0.5) is 0 Å². The lowest BCUT2D eigenvalue weighted by molar-refractivity contribution is 0.445. The van der Waals surface area contributed by atoms with Gasteiger partial charge in [-0.25, -0.2) is 4.98 Å². The van der Waals surface area contributed by atoms with E-state index >= 15 is 0 Å². The molecule has 1 aliphatic carbocycles. The number of aromatic nitrogens is 2. The lowest BCUT2D eigenvalue weighted by Crippen LogP contribution is -2.03. The second-order valence-corrected chi connectivity index (χ2v) is 5.21. The molecule has 0 saturated heterocycles. The third-order valence-electron chi connectivity index (χ3n) is 4.01. The summed E-state index contributed by atoms with van der Waals surface area (Å²) >= 11 is 0. The fourth-order valence-electron chi connectivity index (χ4n) is 3.08. The Hall–Kier alpha value is -1.82. The van der Waals surface area contributed by atoms with E-state index in [1.807, 2.05) is 13.1 Å². The zero-order valence-electron chi connectivity index (χ0n) is 10.7. The van der Waals surface area contributed by atoms with Crippen molar-refractivity contribution in [2.24, 2.45) is 7.05 Å². The summed E-state index contributed by atoms with van der Waals surface area (Å²) in [5.74, 6) is 0.678. The Bertz CT molecular complexity index is 612. The van der Waals surface area contributed by atoms with Crippen molar-refractivity contribution in [3.8, 4) is 6.07 Å². The van der Waals surface area contributed by atoms with Crippen LogP contribution in [0.2, 0.25) is 0 Å². The SMILES string of the molecule is Cn1cc(C2CCCCC2)c2ccc(C#N)nc21. The Morgan fingerprint density at radius 2 is 2.06 bits per heavy atom. The largest absolute Gasteiger partial charge is 0.335 e. The Kier molecular flexibility index (Phi) is 2.79. The third-order valence-corrected chi connectivity index (χ3v) is 4.01. The van der Waals surface area contributed by atoms with E-state index in [1.54, 1.807) is 0 Å². The molecule has 0 aliphatic heterocycles. The van der Waals surface area contributed by atoms with Gasteiger partial charge in [0, 0.05) is 18.6 Å². The Morgan fingerprint density at radius 3 is 2.78 bits per heavy atom. The molecule has 0 N–H and O–H groups in total.